The summed E-state index contributed by atoms with van der Waals surface area (Å²) >= 11 is 7.24. The molecule has 0 saturated heterocycles. The Labute approximate surface area is 137 Å². The largest absolute Gasteiger partial charge is 0.383 e. The van der Waals surface area contributed by atoms with Gasteiger partial charge in [0.05, 0.1) is 17.5 Å². The normalized spacial score (nSPS) is 12.1. The fourth-order valence-electron chi connectivity index (χ4n) is 1.60. The quantitative estimate of drug-likeness (QED) is 0.613. The van der Waals surface area contributed by atoms with Crippen LogP contribution in [-0.4, -0.2) is 44.6 Å². The highest BCUT2D eigenvalue weighted by Gasteiger charge is 2.18. The Bertz CT molecular complexity index is 636. The van der Waals surface area contributed by atoms with Crippen molar-refractivity contribution in [2.75, 3.05) is 19.0 Å². The second-order valence-corrected chi connectivity index (χ2v) is 6.06. The number of ether oxygens (including phenoxy) is 1. The number of thioether (sulfide) groups is 1. The van der Waals surface area contributed by atoms with Gasteiger partial charge in [0.25, 0.3) is 0 Å². The van der Waals surface area contributed by atoms with E-state index in [1.165, 1.54) is 11.8 Å². The van der Waals surface area contributed by atoms with Crippen molar-refractivity contribution in [3.05, 3.63) is 29.8 Å². The number of hydrogen-bond acceptors (Lipinski definition) is 6. The maximum atomic E-state index is 12.2. The number of carbonyl (C=O) groups is 1. The van der Waals surface area contributed by atoms with Gasteiger partial charge in [-0.1, -0.05) is 23.4 Å². The van der Waals surface area contributed by atoms with Gasteiger partial charge in [0.2, 0.25) is 5.91 Å². The molecule has 2 heterocycles. The number of pyridine rings is 1. The van der Waals surface area contributed by atoms with Gasteiger partial charge in [0.1, 0.15) is 6.33 Å². The maximum Gasteiger partial charge on any atom is 0.237 e. The SMILES string of the molecule is COCCn1cnnc1SC(C)C(=O)Nc1cccnc1Cl. The van der Waals surface area contributed by atoms with Crippen molar-refractivity contribution in [2.45, 2.75) is 23.9 Å². The molecule has 1 N–H and O–H groups in total. The summed E-state index contributed by atoms with van der Waals surface area (Å²) in [6.07, 6.45) is 3.18. The van der Waals surface area contributed by atoms with Crippen LogP contribution >= 0.6 is 23.4 Å². The third kappa shape index (κ3) is 4.43. The minimum absolute atomic E-state index is 0.179. The Balaban J connectivity index is 1.97. The van der Waals surface area contributed by atoms with Crippen LogP contribution < -0.4 is 5.32 Å². The molecule has 0 aliphatic rings. The third-order valence-electron chi connectivity index (χ3n) is 2.78. The zero-order valence-electron chi connectivity index (χ0n) is 12.2. The molecule has 0 saturated carbocycles. The summed E-state index contributed by atoms with van der Waals surface area (Å²) < 4.78 is 6.87. The number of nitrogens with one attached hydrogen (secondary N) is 1. The molecule has 0 aromatic carbocycles. The van der Waals surface area contributed by atoms with E-state index in [4.69, 9.17) is 16.3 Å². The van der Waals surface area contributed by atoms with Gasteiger partial charge in [-0.2, -0.15) is 0 Å². The van der Waals surface area contributed by atoms with Crippen LogP contribution in [0.1, 0.15) is 6.92 Å². The summed E-state index contributed by atoms with van der Waals surface area (Å²) in [4.78, 5) is 16.1. The summed E-state index contributed by atoms with van der Waals surface area (Å²) in [5.74, 6) is -0.179. The van der Waals surface area contributed by atoms with E-state index in [-0.39, 0.29) is 16.3 Å². The molecule has 0 bridgehead atoms. The third-order valence-corrected chi connectivity index (χ3v) is 4.18. The molecular formula is C13H16ClN5O2S. The molecular weight excluding hydrogens is 326 g/mol. The minimum atomic E-state index is -0.359. The Morgan fingerprint density at radius 1 is 1.59 bits per heavy atom. The van der Waals surface area contributed by atoms with Gasteiger partial charge in [-0.05, 0) is 19.1 Å². The predicted octanol–water partition coefficient (Wildman–Crippen LogP) is 2.09. The lowest BCUT2D eigenvalue weighted by molar-refractivity contribution is -0.115. The Hall–Kier alpha value is -1.64. The standard InChI is InChI=1S/C13H16ClN5O2S/c1-9(12(20)17-10-4-3-5-15-11(10)14)22-13-18-16-8-19(13)6-7-21-2/h3-5,8-9H,6-7H2,1-2H3,(H,17,20). The van der Waals surface area contributed by atoms with Crippen molar-refractivity contribution in [3.63, 3.8) is 0 Å². The number of aromatic nitrogens is 4. The van der Waals surface area contributed by atoms with Crippen LogP contribution in [0.15, 0.2) is 29.8 Å². The van der Waals surface area contributed by atoms with Crippen LogP contribution in [0.2, 0.25) is 5.15 Å². The van der Waals surface area contributed by atoms with Crippen LogP contribution in [-0.2, 0) is 16.1 Å². The fraction of sp³-hybridized carbons (Fsp3) is 0.385. The lowest BCUT2D eigenvalue weighted by Crippen LogP contribution is -2.23. The van der Waals surface area contributed by atoms with Crippen molar-refractivity contribution in [1.82, 2.24) is 19.7 Å². The van der Waals surface area contributed by atoms with Crippen LogP contribution in [0.25, 0.3) is 0 Å². The number of amides is 1. The fourth-order valence-corrected chi connectivity index (χ4v) is 2.62. The first-order valence-electron chi connectivity index (χ1n) is 6.56. The van der Waals surface area contributed by atoms with E-state index in [0.717, 1.165) is 0 Å². The first-order chi connectivity index (χ1) is 10.6. The molecule has 22 heavy (non-hydrogen) atoms. The van der Waals surface area contributed by atoms with Crippen LogP contribution in [0, 0.1) is 0 Å². The van der Waals surface area contributed by atoms with Gasteiger partial charge in [-0.15, -0.1) is 10.2 Å². The van der Waals surface area contributed by atoms with E-state index in [1.54, 1.807) is 38.7 Å². The van der Waals surface area contributed by atoms with Crippen molar-refractivity contribution >= 4 is 35.0 Å². The molecule has 2 rings (SSSR count). The zero-order chi connectivity index (χ0) is 15.9. The van der Waals surface area contributed by atoms with Crippen LogP contribution in [0.3, 0.4) is 0 Å². The number of carbonyl (C=O) groups excluding carboxylic acids is 1. The van der Waals surface area contributed by atoms with E-state index >= 15 is 0 Å². The van der Waals surface area contributed by atoms with E-state index in [2.05, 4.69) is 20.5 Å². The summed E-state index contributed by atoms with van der Waals surface area (Å²) in [7, 11) is 1.63. The van der Waals surface area contributed by atoms with E-state index in [1.807, 2.05) is 4.57 Å². The zero-order valence-corrected chi connectivity index (χ0v) is 13.8. The van der Waals surface area contributed by atoms with E-state index in [9.17, 15) is 4.79 Å². The van der Waals surface area contributed by atoms with Gasteiger partial charge in [-0.3, -0.25) is 4.79 Å². The average Bonchev–Trinajstić information content (AvgIpc) is 2.94. The number of hydrogen-bond donors (Lipinski definition) is 1. The van der Waals surface area contributed by atoms with Crippen molar-refractivity contribution in [3.8, 4) is 0 Å². The van der Waals surface area contributed by atoms with E-state index in [0.29, 0.717) is 24.0 Å². The van der Waals surface area contributed by atoms with Gasteiger partial charge < -0.3 is 14.6 Å². The van der Waals surface area contributed by atoms with Crippen molar-refractivity contribution in [2.24, 2.45) is 0 Å². The second-order valence-electron chi connectivity index (χ2n) is 4.39. The number of nitrogens with zero attached hydrogens (tertiary/aromatic N) is 4. The molecule has 1 unspecified atom stereocenters. The molecule has 0 spiro atoms. The first-order valence-corrected chi connectivity index (χ1v) is 7.82. The topological polar surface area (TPSA) is 81.9 Å². The summed E-state index contributed by atoms with van der Waals surface area (Å²) in [5, 5.41) is 11.2. The molecule has 1 atom stereocenters. The number of rotatable bonds is 7. The molecule has 2 aromatic rings. The van der Waals surface area contributed by atoms with Crippen LogP contribution in [0.4, 0.5) is 5.69 Å². The number of anilines is 1. The number of methoxy groups -OCH3 is 1. The molecule has 9 heteroatoms. The lowest BCUT2D eigenvalue weighted by atomic mass is 10.4. The lowest BCUT2D eigenvalue weighted by Gasteiger charge is -2.12. The highest BCUT2D eigenvalue weighted by Crippen LogP contribution is 2.23. The van der Waals surface area contributed by atoms with Gasteiger partial charge >= 0.3 is 0 Å². The Morgan fingerprint density at radius 3 is 3.14 bits per heavy atom. The smallest absolute Gasteiger partial charge is 0.237 e. The monoisotopic (exact) mass is 341 g/mol. The Morgan fingerprint density at radius 2 is 2.41 bits per heavy atom. The molecule has 1 amide bonds. The van der Waals surface area contributed by atoms with Crippen molar-refractivity contribution < 1.29 is 9.53 Å². The predicted molar refractivity (Wildman–Crippen MR) is 85.1 cm³/mol. The Kier molecular flexibility index (Phi) is 6.17. The molecule has 0 aliphatic heterocycles. The first kappa shape index (κ1) is 16.7. The number of halogens is 1. The molecule has 2 aromatic heterocycles. The highest BCUT2D eigenvalue weighted by molar-refractivity contribution is 8.00. The minimum Gasteiger partial charge on any atom is -0.383 e. The highest BCUT2D eigenvalue weighted by atomic mass is 35.5. The van der Waals surface area contributed by atoms with Gasteiger partial charge in [-0.25, -0.2) is 4.98 Å². The maximum absolute atomic E-state index is 12.2. The average molecular weight is 342 g/mol. The molecule has 0 radical (unpaired) electrons. The molecule has 7 nitrogen and oxygen atoms in total. The molecule has 0 fully saturated rings. The molecule has 118 valence electrons. The van der Waals surface area contributed by atoms with E-state index < -0.39 is 0 Å². The van der Waals surface area contributed by atoms with Crippen LogP contribution in [0.5, 0.6) is 0 Å². The summed E-state index contributed by atoms with van der Waals surface area (Å²) in [5.41, 5.74) is 0.488. The van der Waals surface area contributed by atoms with Gasteiger partial charge in [0.15, 0.2) is 10.3 Å². The van der Waals surface area contributed by atoms with Gasteiger partial charge in [0, 0.05) is 19.9 Å². The summed E-state index contributed by atoms with van der Waals surface area (Å²) in [6, 6.07) is 3.41. The summed E-state index contributed by atoms with van der Waals surface area (Å²) in [6.45, 7) is 2.98. The molecule has 0 aliphatic carbocycles. The van der Waals surface area contributed by atoms with Crippen molar-refractivity contribution in [1.29, 1.82) is 0 Å². The second kappa shape index (κ2) is 8.11.